The van der Waals surface area contributed by atoms with E-state index in [2.05, 4.69) is 9.88 Å². The maximum absolute atomic E-state index is 14.8. The van der Waals surface area contributed by atoms with Crippen LogP contribution in [0, 0.1) is 5.82 Å². The Labute approximate surface area is 248 Å². The summed E-state index contributed by atoms with van der Waals surface area (Å²) < 4.78 is 25.5. The summed E-state index contributed by atoms with van der Waals surface area (Å²) in [4.78, 5) is 32.0. The predicted octanol–water partition coefficient (Wildman–Crippen LogP) is 4.50. The normalized spacial score (nSPS) is 18.0. The molecule has 1 spiro atoms. The molecule has 43 heavy (non-hydrogen) atoms. The van der Waals surface area contributed by atoms with Gasteiger partial charge in [-0.05, 0) is 54.8 Å². The van der Waals surface area contributed by atoms with Gasteiger partial charge in [-0.25, -0.2) is 9.18 Å². The first-order valence-corrected chi connectivity index (χ1v) is 14.3. The fourth-order valence-electron chi connectivity index (χ4n) is 6.72. The molecular formula is C33H34FN3O6. The summed E-state index contributed by atoms with van der Waals surface area (Å²) >= 11 is 0. The Hall–Kier alpha value is -4.41. The van der Waals surface area contributed by atoms with Gasteiger partial charge in [0.05, 0.1) is 19.8 Å². The van der Waals surface area contributed by atoms with Gasteiger partial charge in [0.15, 0.2) is 6.61 Å². The molecule has 1 saturated heterocycles. The van der Waals surface area contributed by atoms with Crippen LogP contribution in [0.25, 0.3) is 10.9 Å². The first-order valence-electron chi connectivity index (χ1n) is 14.3. The fraction of sp³-hybridized carbons (Fsp3) is 0.333. The van der Waals surface area contributed by atoms with Gasteiger partial charge in [0, 0.05) is 65.4 Å². The van der Waals surface area contributed by atoms with Gasteiger partial charge < -0.3 is 29.6 Å². The number of carbonyl (C=O) groups excluding carboxylic acids is 1. The lowest BCUT2D eigenvalue weighted by molar-refractivity contribution is -0.139. The summed E-state index contributed by atoms with van der Waals surface area (Å²) in [6, 6.07) is 18.9. The Kier molecular flexibility index (Phi) is 7.81. The number of H-pyrrole nitrogens is 1. The van der Waals surface area contributed by atoms with Crippen LogP contribution in [0.4, 0.5) is 4.39 Å². The number of carboxylic acids is 1. The molecule has 6 rings (SSSR count). The van der Waals surface area contributed by atoms with Crippen molar-refractivity contribution >= 4 is 22.8 Å². The first-order chi connectivity index (χ1) is 20.8. The molecule has 0 bridgehead atoms. The maximum atomic E-state index is 14.8. The second-order valence-corrected chi connectivity index (χ2v) is 11.3. The lowest BCUT2D eigenvalue weighted by atomic mass is 9.68. The van der Waals surface area contributed by atoms with Crippen LogP contribution in [0.3, 0.4) is 0 Å². The Morgan fingerprint density at radius 2 is 1.84 bits per heavy atom. The van der Waals surface area contributed by atoms with Crippen molar-refractivity contribution in [3.05, 3.63) is 94.9 Å². The zero-order chi connectivity index (χ0) is 30.1. The van der Waals surface area contributed by atoms with Gasteiger partial charge in [-0.3, -0.25) is 9.69 Å². The van der Waals surface area contributed by atoms with Gasteiger partial charge in [-0.2, -0.15) is 0 Å². The summed E-state index contributed by atoms with van der Waals surface area (Å²) in [5.74, 6) is -0.471. The Morgan fingerprint density at radius 1 is 1.05 bits per heavy atom. The highest BCUT2D eigenvalue weighted by Crippen LogP contribution is 2.49. The molecule has 1 fully saturated rings. The molecule has 0 radical (unpaired) electrons. The number of hydrogen-bond acceptors (Lipinski definition) is 6. The number of aliphatic hydroxyl groups is 1. The van der Waals surface area contributed by atoms with Crippen molar-refractivity contribution < 1.29 is 33.7 Å². The first kappa shape index (κ1) is 28.7. The summed E-state index contributed by atoms with van der Waals surface area (Å²) in [7, 11) is 1.62. The van der Waals surface area contributed by atoms with Crippen molar-refractivity contribution in [1.82, 2.24) is 14.8 Å². The fourth-order valence-corrected chi connectivity index (χ4v) is 6.72. The van der Waals surface area contributed by atoms with E-state index in [0.29, 0.717) is 55.9 Å². The van der Waals surface area contributed by atoms with Crippen molar-refractivity contribution in [3.8, 4) is 11.5 Å². The number of carbonyl (C=O) groups is 2. The molecule has 1 aromatic heterocycles. The van der Waals surface area contributed by atoms with E-state index in [9.17, 15) is 19.1 Å². The number of aromatic nitrogens is 1. The summed E-state index contributed by atoms with van der Waals surface area (Å²) in [5.41, 5.74) is 3.62. The van der Waals surface area contributed by atoms with Gasteiger partial charge in [-0.1, -0.05) is 24.3 Å². The average molecular weight is 588 g/mol. The minimum atomic E-state index is -1.09. The maximum Gasteiger partial charge on any atom is 0.341 e. The number of aliphatic hydroxyl groups excluding tert-OH is 1. The van der Waals surface area contributed by atoms with E-state index < -0.39 is 12.6 Å². The van der Waals surface area contributed by atoms with E-state index in [1.54, 1.807) is 43.5 Å². The number of hydrogen-bond donors (Lipinski definition) is 3. The number of nitrogens with zero attached hydrogens (tertiary/aromatic N) is 2. The van der Waals surface area contributed by atoms with E-state index in [1.807, 2.05) is 29.2 Å². The van der Waals surface area contributed by atoms with Crippen LogP contribution in [0.1, 0.15) is 46.1 Å². The van der Waals surface area contributed by atoms with Gasteiger partial charge in [0.1, 0.15) is 17.3 Å². The predicted molar refractivity (Wildman–Crippen MR) is 158 cm³/mol. The smallest absolute Gasteiger partial charge is 0.341 e. The van der Waals surface area contributed by atoms with E-state index in [1.165, 1.54) is 6.07 Å². The third-order valence-corrected chi connectivity index (χ3v) is 8.80. The number of rotatable bonds is 8. The van der Waals surface area contributed by atoms with Gasteiger partial charge in [0.25, 0.3) is 5.91 Å². The molecule has 1 atom stereocenters. The molecule has 3 aromatic carbocycles. The van der Waals surface area contributed by atoms with Crippen LogP contribution in [-0.4, -0.2) is 76.8 Å². The van der Waals surface area contributed by atoms with Crippen LogP contribution in [0.15, 0.2) is 66.7 Å². The van der Waals surface area contributed by atoms with Crippen molar-refractivity contribution in [2.24, 2.45) is 0 Å². The van der Waals surface area contributed by atoms with Crippen LogP contribution in [0.5, 0.6) is 11.5 Å². The number of nitrogens with one attached hydrogen (secondary N) is 1. The van der Waals surface area contributed by atoms with E-state index in [4.69, 9.17) is 14.6 Å². The number of fused-ring (bicyclic) bond motifs is 4. The molecular weight excluding hydrogens is 553 g/mol. The SMILES string of the molecule is COc1ccc2c3c([nH]c2c1)C(CO)N(Cc1ccccc1F)CC31CCN(C(=O)c2cccc(OCC(=O)O)c2)CC1. The Morgan fingerprint density at radius 3 is 2.56 bits per heavy atom. The molecule has 1 unspecified atom stereocenters. The summed E-state index contributed by atoms with van der Waals surface area (Å²) in [6.45, 7) is 1.31. The molecule has 1 amide bonds. The van der Waals surface area contributed by atoms with Gasteiger partial charge >= 0.3 is 5.97 Å². The Bertz CT molecular complexity index is 1660. The molecule has 2 aliphatic rings. The van der Waals surface area contributed by atoms with Crippen LogP contribution in [-0.2, 0) is 16.8 Å². The largest absolute Gasteiger partial charge is 0.497 e. The third-order valence-electron chi connectivity index (χ3n) is 8.80. The number of amides is 1. The van der Waals surface area contributed by atoms with E-state index in [-0.39, 0.29) is 29.8 Å². The monoisotopic (exact) mass is 587 g/mol. The quantitative estimate of drug-likeness (QED) is 0.278. The summed E-state index contributed by atoms with van der Waals surface area (Å²) in [6.07, 6.45) is 1.34. The summed E-state index contributed by atoms with van der Waals surface area (Å²) in [5, 5.41) is 20.6. The highest BCUT2D eigenvalue weighted by molar-refractivity contribution is 5.95. The van der Waals surface area contributed by atoms with Gasteiger partial charge in [-0.15, -0.1) is 0 Å². The van der Waals surface area contributed by atoms with Crippen molar-refractivity contribution in [1.29, 1.82) is 0 Å². The Balaban J connectivity index is 1.32. The molecule has 10 heteroatoms. The molecule has 3 N–H and O–H groups in total. The molecule has 0 aliphatic carbocycles. The lowest BCUT2D eigenvalue weighted by Gasteiger charge is -2.50. The number of piperidine rings is 1. The molecule has 3 heterocycles. The number of ether oxygens (including phenoxy) is 2. The van der Waals surface area contributed by atoms with E-state index in [0.717, 1.165) is 27.9 Å². The second kappa shape index (κ2) is 11.7. The molecule has 2 aliphatic heterocycles. The standard InChI is InChI=1S/C33H34FN3O6/c1-42-23-9-10-25-27(16-23)35-31-28(18-38)37(17-22-5-2-3-8-26(22)34)20-33(30(25)31)11-13-36(14-12-33)32(41)21-6-4-7-24(15-21)43-19-29(39)40/h2-10,15-16,28,35,38H,11-14,17-20H2,1H3,(H,39,40). The highest BCUT2D eigenvalue weighted by Gasteiger charge is 2.48. The van der Waals surface area contributed by atoms with E-state index >= 15 is 0 Å². The molecule has 4 aromatic rings. The lowest BCUT2D eigenvalue weighted by Crippen LogP contribution is -2.54. The van der Waals surface area contributed by atoms with Crippen LogP contribution >= 0.6 is 0 Å². The highest BCUT2D eigenvalue weighted by atomic mass is 19.1. The zero-order valence-electron chi connectivity index (χ0n) is 23.9. The van der Waals surface area contributed by atoms with Crippen molar-refractivity contribution in [3.63, 3.8) is 0 Å². The van der Waals surface area contributed by atoms with Crippen LogP contribution in [0.2, 0.25) is 0 Å². The number of methoxy groups -OCH3 is 1. The molecule has 0 saturated carbocycles. The number of likely N-dealkylation sites (tertiary alicyclic amines) is 1. The number of benzene rings is 3. The average Bonchev–Trinajstić information content (AvgIpc) is 3.41. The third kappa shape index (κ3) is 5.44. The minimum Gasteiger partial charge on any atom is -0.497 e. The number of aromatic amines is 1. The second-order valence-electron chi connectivity index (χ2n) is 11.3. The number of carboxylic acid groups (broad SMARTS) is 1. The topological polar surface area (TPSA) is 115 Å². The molecule has 9 nitrogen and oxygen atoms in total. The molecule has 224 valence electrons. The van der Waals surface area contributed by atoms with Crippen molar-refractivity contribution in [2.75, 3.05) is 40.0 Å². The number of halogens is 1. The van der Waals surface area contributed by atoms with Crippen molar-refractivity contribution in [2.45, 2.75) is 30.8 Å². The number of aliphatic carboxylic acids is 1. The zero-order valence-corrected chi connectivity index (χ0v) is 23.9. The van der Waals surface area contributed by atoms with Crippen LogP contribution < -0.4 is 9.47 Å². The van der Waals surface area contributed by atoms with Gasteiger partial charge in [0.2, 0.25) is 0 Å². The minimum absolute atomic E-state index is 0.133.